The number of aromatic nitrogens is 2. The molecular weight excluding hydrogens is 515 g/mol. The maximum Gasteiger partial charge on any atom is 0.435 e. The largest absolute Gasteiger partial charge is 0.465 e. The summed E-state index contributed by atoms with van der Waals surface area (Å²) >= 11 is 6.49. The maximum absolute atomic E-state index is 13.1. The van der Waals surface area contributed by atoms with Crippen LogP contribution in [0, 0.1) is 6.92 Å². The van der Waals surface area contributed by atoms with Crippen LogP contribution in [0.3, 0.4) is 0 Å². The van der Waals surface area contributed by atoms with Gasteiger partial charge in [-0.1, -0.05) is 0 Å². The Kier molecular flexibility index (Phi) is 8.98. The molecule has 2 N–H and O–H groups in total. The Bertz CT molecular complexity index is 1120. The molecular formula is C23H30F3N5O3S2. The zero-order valence-electron chi connectivity index (χ0n) is 20.6. The number of nitrogens with zero attached hydrogens (tertiary/aromatic N) is 3. The lowest BCUT2D eigenvalue weighted by Crippen LogP contribution is -2.30. The fraction of sp³-hybridized carbons (Fsp3) is 0.565. The van der Waals surface area contributed by atoms with Crippen molar-refractivity contribution < 1.29 is 27.5 Å². The van der Waals surface area contributed by atoms with Gasteiger partial charge in [-0.2, -0.15) is 18.3 Å². The number of ether oxygens (including phenoxy) is 1. The molecule has 0 bridgehead atoms. The van der Waals surface area contributed by atoms with Crippen LogP contribution in [0.15, 0.2) is 6.07 Å². The van der Waals surface area contributed by atoms with E-state index in [1.54, 1.807) is 11.8 Å². The molecule has 198 valence electrons. The summed E-state index contributed by atoms with van der Waals surface area (Å²) < 4.78 is 45.6. The third-order valence-electron chi connectivity index (χ3n) is 5.94. The summed E-state index contributed by atoms with van der Waals surface area (Å²) in [6, 6.07) is 1.14. The van der Waals surface area contributed by atoms with Gasteiger partial charge in [-0.25, -0.2) is 4.79 Å². The van der Waals surface area contributed by atoms with Gasteiger partial charge in [0.1, 0.15) is 5.00 Å². The molecule has 1 fully saturated rings. The number of amides is 1. The van der Waals surface area contributed by atoms with Crippen LogP contribution < -0.4 is 10.6 Å². The number of halogens is 3. The Morgan fingerprint density at radius 1 is 1.31 bits per heavy atom. The minimum atomic E-state index is -4.47. The van der Waals surface area contributed by atoms with Crippen LogP contribution in [-0.4, -0.2) is 58.4 Å². The van der Waals surface area contributed by atoms with E-state index in [-0.39, 0.29) is 22.5 Å². The number of aryl methyl sites for hydroxylation is 1. The molecule has 8 nitrogen and oxygen atoms in total. The topological polar surface area (TPSA) is 88.5 Å². The fourth-order valence-electron chi connectivity index (χ4n) is 3.84. The number of anilines is 1. The normalized spacial score (nSPS) is 13.4. The molecule has 1 saturated carbocycles. The highest BCUT2D eigenvalue weighted by Gasteiger charge is 2.37. The number of methoxy groups -OCH3 is 1. The molecule has 0 unspecified atom stereocenters. The van der Waals surface area contributed by atoms with Gasteiger partial charge in [0.2, 0.25) is 0 Å². The molecule has 0 atom stereocenters. The number of carbonyl (C=O) groups excluding carboxylic acids is 2. The minimum absolute atomic E-state index is 0.136. The first-order valence-electron chi connectivity index (χ1n) is 11.7. The third-order valence-corrected chi connectivity index (χ3v) is 7.38. The fourth-order valence-corrected chi connectivity index (χ4v) is 5.28. The van der Waals surface area contributed by atoms with Gasteiger partial charge in [-0.3, -0.25) is 9.48 Å². The third kappa shape index (κ3) is 6.36. The van der Waals surface area contributed by atoms with Gasteiger partial charge in [0.05, 0.1) is 17.6 Å². The predicted molar refractivity (Wildman–Crippen MR) is 136 cm³/mol. The lowest BCUT2D eigenvalue weighted by molar-refractivity contribution is -0.141. The number of nitrogens with one attached hydrogen (secondary N) is 2. The van der Waals surface area contributed by atoms with Crippen LogP contribution in [0.1, 0.15) is 76.0 Å². The van der Waals surface area contributed by atoms with Crippen molar-refractivity contribution in [3.63, 3.8) is 0 Å². The highest BCUT2D eigenvalue weighted by Crippen LogP contribution is 2.42. The Morgan fingerprint density at radius 3 is 2.53 bits per heavy atom. The van der Waals surface area contributed by atoms with Crippen LogP contribution >= 0.6 is 23.6 Å². The average molecular weight is 546 g/mol. The number of alkyl halides is 3. The van der Waals surface area contributed by atoms with E-state index >= 15 is 0 Å². The van der Waals surface area contributed by atoms with Gasteiger partial charge in [0.15, 0.2) is 10.8 Å². The van der Waals surface area contributed by atoms with Crippen LogP contribution in [0.5, 0.6) is 0 Å². The zero-order valence-corrected chi connectivity index (χ0v) is 22.3. The second-order valence-electron chi connectivity index (χ2n) is 8.41. The lowest BCUT2D eigenvalue weighted by atomic mass is 10.1. The highest BCUT2D eigenvalue weighted by atomic mass is 32.1. The van der Waals surface area contributed by atoms with Gasteiger partial charge < -0.3 is 20.3 Å². The molecule has 13 heteroatoms. The van der Waals surface area contributed by atoms with E-state index in [0.717, 1.165) is 30.2 Å². The minimum Gasteiger partial charge on any atom is -0.465 e. The maximum atomic E-state index is 13.1. The second kappa shape index (κ2) is 11.6. The van der Waals surface area contributed by atoms with Crippen molar-refractivity contribution in [3.8, 4) is 0 Å². The standard InChI is InChI=1S/C23H30F3N5O3S2/c1-5-30(6-2)20(32)18-13(3)17(21(33)34-4)19(36-18)28-22(35)27-10-7-11-31-15(14-8-9-14)12-16(29-31)23(24,25)26/h12,14H,5-11H2,1-4H3,(H2,27,28,35). The quantitative estimate of drug-likeness (QED) is 0.252. The van der Waals surface area contributed by atoms with Crippen molar-refractivity contribution in [2.75, 3.05) is 32.1 Å². The molecule has 2 aromatic rings. The van der Waals surface area contributed by atoms with E-state index in [1.165, 1.54) is 11.8 Å². The van der Waals surface area contributed by atoms with Crippen LogP contribution in [-0.2, 0) is 17.5 Å². The first-order chi connectivity index (χ1) is 17.0. The van der Waals surface area contributed by atoms with Crippen molar-refractivity contribution >= 4 is 45.5 Å². The van der Waals surface area contributed by atoms with Crippen molar-refractivity contribution in [2.24, 2.45) is 0 Å². The van der Waals surface area contributed by atoms with E-state index in [0.29, 0.717) is 53.7 Å². The Morgan fingerprint density at radius 2 is 1.97 bits per heavy atom. The van der Waals surface area contributed by atoms with E-state index in [2.05, 4.69) is 15.7 Å². The summed E-state index contributed by atoms with van der Waals surface area (Å²) in [5.41, 5.74) is 0.506. The van der Waals surface area contributed by atoms with E-state index in [9.17, 15) is 22.8 Å². The molecule has 2 heterocycles. The molecule has 36 heavy (non-hydrogen) atoms. The van der Waals surface area contributed by atoms with Crippen molar-refractivity contribution in [2.45, 2.75) is 58.7 Å². The molecule has 2 aromatic heterocycles. The summed E-state index contributed by atoms with van der Waals surface area (Å²) in [6.45, 7) is 7.21. The smallest absolute Gasteiger partial charge is 0.435 e. The number of hydrogen-bond donors (Lipinski definition) is 2. The number of esters is 1. The molecule has 0 radical (unpaired) electrons. The molecule has 0 spiro atoms. The molecule has 1 amide bonds. The summed E-state index contributed by atoms with van der Waals surface area (Å²) in [6.07, 6.45) is -2.24. The monoisotopic (exact) mass is 545 g/mol. The zero-order chi connectivity index (χ0) is 26.6. The van der Waals surface area contributed by atoms with Gasteiger partial charge in [0, 0.05) is 37.8 Å². The van der Waals surface area contributed by atoms with Crippen LogP contribution in [0.25, 0.3) is 0 Å². The second-order valence-corrected chi connectivity index (χ2v) is 9.84. The summed E-state index contributed by atoms with van der Waals surface area (Å²) in [5.74, 6) is -0.626. The lowest BCUT2D eigenvalue weighted by Gasteiger charge is -2.17. The van der Waals surface area contributed by atoms with Crippen LogP contribution in [0.2, 0.25) is 0 Å². The molecule has 0 saturated heterocycles. The molecule has 1 aliphatic carbocycles. The first kappa shape index (κ1) is 27.9. The molecule has 0 aliphatic heterocycles. The van der Waals surface area contributed by atoms with Crippen molar-refractivity contribution in [1.29, 1.82) is 0 Å². The number of hydrogen-bond acceptors (Lipinski definition) is 6. The number of thiophene rings is 1. The van der Waals surface area contributed by atoms with E-state index in [1.807, 2.05) is 13.8 Å². The number of rotatable bonds is 10. The Hall–Kier alpha value is -2.67. The summed E-state index contributed by atoms with van der Waals surface area (Å²) in [5, 5.41) is 10.4. The Balaban J connectivity index is 1.64. The van der Waals surface area contributed by atoms with Crippen molar-refractivity contribution in [1.82, 2.24) is 20.0 Å². The van der Waals surface area contributed by atoms with Gasteiger partial charge in [-0.05, 0) is 63.9 Å². The summed E-state index contributed by atoms with van der Waals surface area (Å²) in [7, 11) is 1.26. The van der Waals surface area contributed by atoms with Crippen molar-refractivity contribution in [3.05, 3.63) is 33.5 Å². The SMILES string of the molecule is CCN(CC)C(=O)c1sc(NC(=S)NCCCn2nc(C(F)(F)F)cc2C2CC2)c(C(=O)OC)c1C. The molecule has 0 aromatic carbocycles. The van der Waals surface area contributed by atoms with E-state index in [4.69, 9.17) is 17.0 Å². The summed E-state index contributed by atoms with van der Waals surface area (Å²) in [4.78, 5) is 27.4. The van der Waals surface area contributed by atoms with Gasteiger partial charge in [-0.15, -0.1) is 11.3 Å². The Labute approximate surface area is 217 Å². The van der Waals surface area contributed by atoms with Gasteiger partial charge >= 0.3 is 12.1 Å². The number of carbonyl (C=O) groups is 2. The van der Waals surface area contributed by atoms with Crippen LogP contribution in [0.4, 0.5) is 18.2 Å². The predicted octanol–water partition coefficient (Wildman–Crippen LogP) is 4.79. The average Bonchev–Trinajstić information content (AvgIpc) is 3.49. The molecule has 1 aliphatic rings. The first-order valence-corrected chi connectivity index (χ1v) is 12.9. The van der Waals surface area contributed by atoms with E-state index < -0.39 is 17.8 Å². The van der Waals surface area contributed by atoms with Gasteiger partial charge in [0.25, 0.3) is 5.91 Å². The molecule has 3 rings (SSSR count). The highest BCUT2D eigenvalue weighted by molar-refractivity contribution is 7.80. The number of thiocarbonyl (C=S) groups is 1.